The van der Waals surface area contributed by atoms with Gasteiger partial charge in [-0.3, -0.25) is 0 Å². The third-order valence-corrected chi connectivity index (χ3v) is 0. The van der Waals surface area contributed by atoms with Crippen LogP contribution in [0.4, 0.5) is 0 Å². The van der Waals surface area contributed by atoms with Crippen molar-refractivity contribution in [2.24, 2.45) is 0 Å². The predicted octanol–water partition coefficient (Wildman–Crippen LogP) is -3.29. The van der Waals surface area contributed by atoms with Gasteiger partial charge in [-0.1, -0.05) is 0 Å². The Labute approximate surface area is 83.4 Å². The van der Waals surface area contributed by atoms with Crippen LogP contribution in [0.1, 0.15) is 0 Å². The zero-order valence-electron chi connectivity index (χ0n) is 2.22. The molecule has 0 spiro atoms. The van der Waals surface area contributed by atoms with E-state index in [9.17, 15) is 0 Å². The maximum atomic E-state index is 0. The summed E-state index contributed by atoms with van der Waals surface area (Å²) < 4.78 is 0. The van der Waals surface area contributed by atoms with Crippen molar-refractivity contribution in [3.63, 3.8) is 0 Å². The molecule has 35 valence electrons. The van der Waals surface area contributed by atoms with Gasteiger partial charge < -0.3 is 0 Å². The fourth-order valence-electron chi connectivity index (χ4n) is 0. The second-order valence-corrected chi connectivity index (χ2v) is 0. The van der Waals surface area contributed by atoms with Crippen LogP contribution in [0.25, 0.3) is 0 Å². The Balaban J connectivity index is 0. The normalized spacial score (nSPS) is 0. The molecule has 0 aliphatic carbocycles. The zero-order valence-corrected chi connectivity index (χ0v) is 14.8. The summed E-state index contributed by atoms with van der Waals surface area (Å²) in [6.07, 6.45) is 0. The molecular formula is H8BiCuSbSe. The van der Waals surface area contributed by atoms with E-state index < -0.39 is 0 Å². The Bertz CT molecular complexity index is 8.00. The first kappa shape index (κ1) is 29.6. The van der Waals surface area contributed by atoms with Gasteiger partial charge in [-0.25, -0.2) is 0 Å². The summed E-state index contributed by atoms with van der Waals surface area (Å²) in [6.45, 7) is 0. The molecule has 4 heavy (non-hydrogen) atoms. The van der Waals surface area contributed by atoms with Crippen molar-refractivity contribution in [1.82, 2.24) is 0 Å². The first-order valence-corrected chi connectivity index (χ1v) is 0. The molecule has 0 aliphatic heterocycles. The van der Waals surface area contributed by atoms with Crippen molar-refractivity contribution >= 4 is 67.7 Å². The molecule has 0 aromatic rings. The van der Waals surface area contributed by atoms with Crippen LogP contribution >= 0.6 is 0 Å². The molecule has 1 radical (unpaired) electrons. The van der Waals surface area contributed by atoms with Gasteiger partial charge in [-0.15, -0.1) is 0 Å². The number of hydrogen-bond donors (Lipinski definition) is 0. The maximum absolute atomic E-state index is 0. The van der Waals surface area contributed by atoms with E-state index in [1.807, 2.05) is 0 Å². The van der Waals surface area contributed by atoms with E-state index >= 15 is 0 Å². The number of hydrogen-bond acceptors (Lipinski definition) is 0. The minimum absolute atomic E-state index is 0. The molecule has 0 N–H and O–H groups in total. The minimum atomic E-state index is 0. The van der Waals surface area contributed by atoms with Crippen molar-refractivity contribution in [2.75, 3.05) is 0 Å². The van der Waals surface area contributed by atoms with E-state index in [2.05, 4.69) is 0 Å². The average molecular weight is 481 g/mol. The standard InChI is InChI=1S/Bi.Cu.Sb.H2Se.6H/h;;;1H2;;;;;;. The summed E-state index contributed by atoms with van der Waals surface area (Å²) in [5.41, 5.74) is 0. The summed E-state index contributed by atoms with van der Waals surface area (Å²) in [5.74, 6) is 0. The first-order chi connectivity index (χ1) is 0. The van der Waals surface area contributed by atoms with Gasteiger partial charge in [-0.05, 0) is 0 Å². The summed E-state index contributed by atoms with van der Waals surface area (Å²) in [5, 5.41) is 0. The molecule has 0 saturated heterocycles. The molecule has 0 heterocycles. The first-order valence-electron chi connectivity index (χ1n) is 0. The van der Waals surface area contributed by atoms with Crippen molar-refractivity contribution in [1.29, 1.82) is 0 Å². The molecule has 0 nitrogen and oxygen atoms in total. The summed E-state index contributed by atoms with van der Waals surface area (Å²) in [4.78, 5) is 0. The van der Waals surface area contributed by atoms with Crippen molar-refractivity contribution in [3.8, 4) is 0 Å². The average Bonchev–Trinajstić information content (AvgIpc) is 0. The Kier molecular flexibility index (Phi) is 127. The monoisotopic (exact) mass is 481 g/mol. The van der Waals surface area contributed by atoms with Gasteiger partial charge in [0, 0.05) is 17.1 Å². The molecule has 0 unspecified atom stereocenters. The Morgan fingerprint density at radius 3 is 1.00 bits per heavy atom. The molecule has 0 aromatic heterocycles. The van der Waals surface area contributed by atoms with E-state index in [-0.39, 0.29) is 84.8 Å². The molecule has 0 aromatic carbocycles. The third kappa shape index (κ3) is 8.83. The second-order valence-electron chi connectivity index (χ2n) is 0. The Hall–Kier alpha value is 2.74. The van der Waals surface area contributed by atoms with Crippen LogP contribution in [0, 0.1) is 0 Å². The molecule has 0 aliphatic rings. The van der Waals surface area contributed by atoms with Crippen LogP contribution in [-0.4, -0.2) is 67.7 Å². The molecule has 0 atom stereocenters. The quantitative estimate of drug-likeness (QED) is 0.319. The van der Waals surface area contributed by atoms with E-state index in [0.717, 1.165) is 0 Å². The van der Waals surface area contributed by atoms with Crippen LogP contribution in [0.2, 0.25) is 0 Å². The summed E-state index contributed by atoms with van der Waals surface area (Å²) in [7, 11) is 0. The van der Waals surface area contributed by atoms with E-state index in [4.69, 9.17) is 0 Å². The van der Waals surface area contributed by atoms with E-state index in [1.54, 1.807) is 0 Å². The predicted molar refractivity (Wildman–Crippen MR) is 28.4 cm³/mol. The molecule has 0 amide bonds. The van der Waals surface area contributed by atoms with Gasteiger partial charge in [0.25, 0.3) is 0 Å². The molecule has 0 bridgehead atoms. The Morgan fingerprint density at radius 2 is 1.00 bits per heavy atom. The topological polar surface area (TPSA) is 0 Å². The van der Waals surface area contributed by atoms with Gasteiger partial charge in [0.05, 0.1) is 0 Å². The van der Waals surface area contributed by atoms with Crippen molar-refractivity contribution in [2.45, 2.75) is 0 Å². The number of rotatable bonds is 0. The fraction of sp³-hybridized carbons (Fsp3) is 0. The van der Waals surface area contributed by atoms with Crippen LogP contribution in [0.3, 0.4) is 0 Å². The van der Waals surface area contributed by atoms with Crippen LogP contribution in [0.15, 0.2) is 0 Å². The van der Waals surface area contributed by atoms with Crippen molar-refractivity contribution in [3.05, 3.63) is 0 Å². The zero-order chi connectivity index (χ0) is 0. The molecular weight excluding hydrogens is 473 g/mol. The summed E-state index contributed by atoms with van der Waals surface area (Å²) in [6, 6.07) is 0. The van der Waals surface area contributed by atoms with Gasteiger partial charge in [0.1, 0.15) is 0 Å². The van der Waals surface area contributed by atoms with Crippen LogP contribution in [0.5, 0.6) is 0 Å². The van der Waals surface area contributed by atoms with E-state index in [1.165, 1.54) is 0 Å². The van der Waals surface area contributed by atoms with Gasteiger partial charge in [0.15, 0.2) is 0 Å². The fourth-order valence-corrected chi connectivity index (χ4v) is 0. The summed E-state index contributed by atoms with van der Waals surface area (Å²) >= 11 is 0. The molecule has 0 saturated carbocycles. The molecule has 0 fully saturated rings. The second kappa shape index (κ2) is 17.2. The van der Waals surface area contributed by atoms with Crippen LogP contribution in [-0.2, 0) is 17.1 Å². The van der Waals surface area contributed by atoms with Crippen LogP contribution < -0.4 is 0 Å². The van der Waals surface area contributed by atoms with Crippen molar-refractivity contribution < 1.29 is 17.1 Å². The third-order valence-electron chi connectivity index (χ3n) is 0. The Morgan fingerprint density at radius 1 is 1.00 bits per heavy atom. The SMILES string of the molecule is [BiH3].[Cu].[SbH3].[SeH2]. The molecule has 0 rings (SSSR count). The van der Waals surface area contributed by atoms with Gasteiger partial charge in [0.2, 0.25) is 0 Å². The molecule has 4 heteroatoms. The van der Waals surface area contributed by atoms with Gasteiger partial charge in [-0.2, -0.15) is 0 Å². The van der Waals surface area contributed by atoms with E-state index in [0.29, 0.717) is 0 Å². The van der Waals surface area contributed by atoms with Gasteiger partial charge >= 0.3 is 67.7 Å².